The topological polar surface area (TPSA) is 25.8 Å². The highest BCUT2D eigenvalue weighted by Gasteiger charge is 2.35. The van der Waals surface area contributed by atoms with Crippen molar-refractivity contribution in [2.24, 2.45) is 0 Å². The van der Waals surface area contributed by atoms with Gasteiger partial charge in [0.1, 0.15) is 10.2 Å². The van der Waals surface area contributed by atoms with Crippen molar-refractivity contribution in [3.05, 3.63) is 17.0 Å². The summed E-state index contributed by atoms with van der Waals surface area (Å²) in [6.07, 6.45) is -2.94. The molecule has 0 amide bonds. The van der Waals surface area contributed by atoms with Crippen molar-refractivity contribution in [1.29, 1.82) is 0 Å². The summed E-state index contributed by atoms with van der Waals surface area (Å²) in [5.74, 6) is -1.20. The third-order valence-electron chi connectivity index (χ3n) is 1.13. The van der Waals surface area contributed by atoms with Gasteiger partial charge in [0.2, 0.25) is 5.82 Å². The van der Waals surface area contributed by atoms with E-state index in [0.717, 1.165) is 11.8 Å². The first-order valence-electron chi connectivity index (χ1n) is 3.09. The van der Waals surface area contributed by atoms with Crippen molar-refractivity contribution in [3.63, 3.8) is 0 Å². The summed E-state index contributed by atoms with van der Waals surface area (Å²) in [6, 6.07) is 1.28. The highest BCUT2D eigenvalue weighted by Crippen LogP contribution is 2.28. The van der Waals surface area contributed by atoms with Crippen LogP contribution in [0.1, 0.15) is 5.82 Å². The molecular weight excluding hydrogens is 225 g/mol. The molecule has 0 aromatic carbocycles. The maximum Gasteiger partial charge on any atom is 0.451 e. The molecule has 0 fully saturated rings. The molecule has 0 unspecified atom stereocenters. The molecule has 1 heterocycles. The van der Waals surface area contributed by atoms with Gasteiger partial charge < -0.3 is 0 Å². The fourth-order valence-electron chi connectivity index (χ4n) is 0.628. The molecule has 13 heavy (non-hydrogen) atoms. The molecule has 0 saturated carbocycles. The lowest BCUT2D eigenvalue weighted by atomic mass is 10.5. The predicted molar refractivity (Wildman–Crippen MR) is 43.8 cm³/mol. The normalized spacial score (nSPS) is 11.8. The van der Waals surface area contributed by atoms with Gasteiger partial charge >= 0.3 is 6.18 Å². The van der Waals surface area contributed by atoms with Crippen molar-refractivity contribution in [1.82, 2.24) is 9.97 Å². The maximum atomic E-state index is 12.1. The number of nitrogens with zero attached hydrogens (tertiary/aromatic N) is 2. The zero-order chi connectivity index (χ0) is 10.1. The van der Waals surface area contributed by atoms with Crippen molar-refractivity contribution >= 4 is 23.4 Å². The minimum absolute atomic E-state index is 0.201. The first-order valence-corrected chi connectivity index (χ1v) is 4.69. The van der Waals surface area contributed by atoms with Gasteiger partial charge in [-0.05, 0) is 6.26 Å². The van der Waals surface area contributed by atoms with Crippen LogP contribution in [0.3, 0.4) is 0 Å². The summed E-state index contributed by atoms with van der Waals surface area (Å²) in [5.41, 5.74) is 0. The van der Waals surface area contributed by atoms with E-state index < -0.39 is 12.0 Å². The Bertz CT molecular complexity index is 315. The van der Waals surface area contributed by atoms with Gasteiger partial charge in [-0.25, -0.2) is 9.97 Å². The number of hydrogen-bond donors (Lipinski definition) is 0. The average Bonchev–Trinajstić information content (AvgIpc) is 2.01. The molecule has 0 bridgehead atoms. The zero-order valence-corrected chi connectivity index (χ0v) is 7.96. The van der Waals surface area contributed by atoms with Crippen LogP contribution >= 0.6 is 23.4 Å². The van der Waals surface area contributed by atoms with Gasteiger partial charge in [-0.3, -0.25) is 0 Å². The molecule has 0 spiro atoms. The van der Waals surface area contributed by atoms with Crippen molar-refractivity contribution < 1.29 is 13.2 Å². The standard InChI is InChI=1S/C6H4ClF3N2S/c1-13-4-2-3(7)11-5(12-4)6(8,9)10/h2H,1H3. The SMILES string of the molecule is CSc1cc(Cl)nc(C(F)(F)F)n1. The molecule has 72 valence electrons. The van der Waals surface area contributed by atoms with Gasteiger partial charge in [-0.1, -0.05) is 11.6 Å². The number of rotatable bonds is 1. The fourth-order valence-corrected chi connectivity index (χ4v) is 1.28. The number of halogens is 4. The van der Waals surface area contributed by atoms with Crippen LogP contribution in [0.25, 0.3) is 0 Å². The molecule has 0 N–H and O–H groups in total. The molecule has 0 radical (unpaired) electrons. The summed E-state index contributed by atoms with van der Waals surface area (Å²) >= 11 is 6.45. The molecule has 0 atom stereocenters. The van der Waals surface area contributed by atoms with Gasteiger partial charge in [-0.15, -0.1) is 11.8 Å². The molecule has 0 aliphatic carbocycles. The van der Waals surface area contributed by atoms with Crippen LogP contribution in [0, 0.1) is 0 Å². The molecule has 2 nitrogen and oxygen atoms in total. The molecule has 0 aliphatic rings. The first-order chi connectivity index (χ1) is 5.93. The Kier molecular flexibility index (Phi) is 3.02. The van der Waals surface area contributed by atoms with Crippen LogP contribution in [0.5, 0.6) is 0 Å². The molecule has 0 aliphatic heterocycles. The van der Waals surface area contributed by atoms with E-state index in [9.17, 15) is 13.2 Å². The van der Waals surface area contributed by atoms with E-state index >= 15 is 0 Å². The lowest BCUT2D eigenvalue weighted by Crippen LogP contribution is -2.11. The van der Waals surface area contributed by atoms with E-state index in [4.69, 9.17) is 11.6 Å². The number of aromatic nitrogens is 2. The van der Waals surface area contributed by atoms with Crippen molar-refractivity contribution in [2.75, 3.05) is 6.26 Å². The average molecular weight is 229 g/mol. The van der Waals surface area contributed by atoms with E-state index in [1.165, 1.54) is 6.07 Å². The molecule has 7 heteroatoms. The van der Waals surface area contributed by atoms with E-state index in [-0.39, 0.29) is 10.2 Å². The van der Waals surface area contributed by atoms with Crippen LogP contribution < -0.4 is 0 Å². The van der Waals surface area contributed by atoms with Crippen LogP contribution in [0.4, 0.5) is 13.2 Å². The molecule has 1 rings (SSSR count). The monoisotopic (exact) mass is 228 g/mol. The van der Waals surface area contributed by atoms with E-state index in [2.05, 4.69) is 9.97 Å². The third kappa shape index (κ3) is 2.73. The van der Waals surface area contributed by atoms with Gasteiger partial charge in [0.05, 0.1) is 0 Å². The second kappa shape index (κ2) is 3.71. The smallest absolute Gasteiger partial charge is 0.218 e. The van der Waals surface area contributed by atoms with Crippen LogP contribution in [-0.4, -0.2) is 16.2 Å². The Balaban J connectivity index is 3.16. The Morgan fingerprint density at radius 1 is 1.38 bits per heavy atom. The summed E-state index contributed by atoms with van der Waals surface area (Å²) in [7, 11) is 0. The van der Waals surface area contributed by atoms with Crippen LogP contribution in [-0.2, 0) is 6.18 Å². The van der Waals surface area contributed by atoms with E-state index in [0.29, 0.717) is 0 Å². The Labute approximate surface area is 81.5 Å². The summed E-state index contributed by atoms with van der Waals surface area (Å²) in [5, 5.41) is -0.000926. The van der Waals surface area contributed by atoms with Gasteiger partial charge in [0.15, 0.2) is 0 Å². The maximum absolute atomic E-state index is 12.1. The first kappa shape index (κ1) is 10.6. The highest BCUT2D eigenvalue weighted by molar-refractivity contribution is 7.98. The molecule has 1 aromatic rings. The number of thioether (sulfide) groups is 1. The third-order valence-corrected chi connectivity index (χ3v) is 1.96. The second-order valence-corrected chi connectivity index (χ2v) is 3.27. The Morgan fingerprint density at radius 2 is 2.00 bits per heavy atom. The summed E-state index contributed by atoms with van der Waals surface area (Å²) in [4.78, 5) is 6.33. The van der Waals surface area contributed by atoms with E-state index in [1.54, 1.807) is 6.26 Å². The van der Waals surface area contributed by atoms with E-state index in [1.807, 2.05) is 0 Å². The number of alkyl halides is 3. The lowest BCUT2D eigenvalue weighted by Gasteiger charge is -2.05. The lowest BCUT2D eigenvalue weighted by molar-refractivity contribution is -0.145. The highest BCUT2D eigenvalue weighted by atomic mass is 35.5. The second-order valence-electron chi connectivity index (χ2n) is 2.05. The van der Waals surface area contributed by atoms with Crippen LogP contribution in [0.2, 0.25) is 5.15 Å². The minimum atomic E-state index is -4.55. The van der Waals surface area contributed by atoms with Gasteiger partial charge in [-0.2, -0.15) is 13.2 Å². The summed E-state index contributed by atoms with van der Waals surface area (Å²) < 4.78 is 36.3. The zero-order valence-electron chi connectivity index (χ0n) is 6.39. The number of hydrogen-bond acceptors (Lipinski definition) is 3. The molecular formula is C6H4ClF3N2S. The predicted octanol–water partition coefficient (Wildman–Crippen LogP) is 2.87. The Morgan fingerprint density at radius 3 is 2.46 bits per heavy atom. The molecule has 1 aromatic heterocycles. The van der Waals surface area contributed by atoms with Crippen LogP contribution in [0.15, 0.2) is 11.1 Å². The minimum Gasteiger partial charge on any atom is -0.218 e. The van der Waals surface area contributed by atoms with Gasteiger partial charge in [0.25, 0.3) is 0 Å². The largest absolute Gasteiger partial charge is 0.451 e. The van der Waals surface area contributed by atoms with Crippen molar-refractivity contribution in [2.45, 2.75) is 11.2 Å². The fraction of sp³-hybridized carbons (Fsp3) is 0.333. The van der Waals surface area contributed by atoms with Gasteiger partial charge in [0, 0.05) is 6.07 Å². The Hall–Kier alpha value is -0.490. The quantitative estimate of drug-likeness (QED) is 0.546. The molecule has 0 saturated heterocycles. The van der Waals surface area contributed by atoms with Crippen molar-refractivity contribution in [3.8, 4) is 0 Å². The summed E-state index contributed by atoms with van der Waals surface area (Å²) in [6.45, 7) is 0.